The lowest BCUT2D eigenvalue weighted by Crippen LogP contribution is -2.03. The van der Waals surface area contributed by atoms with Crippen LogP contribution in [0.2, 0.25) is 0 Å². The molecule has 2 N–H and O–H groups in total. The zero-order valence-electron chi connectivity index (χ0n) is 13.0. The highest BCUT2D eigenvalue weighted by Gasteiger charge is 2.06. The lowest BCUT2D eigenvalue weighted by Gasteiger charge is -2.13. The van der Waals surface area contributed by atoms with Crippen LogP contribution in [0.4, 0.5) is 0 Å². The number of hydrogen-bond donors (Lipinski definition) is 1. The van der Waals surface area contributed by atoms with Gasteiger partial charge < -0.3 is 15.2 Å². The molecule has 1 aromatic rings. The smallest absolute Gasteiger partial charge is 0.161 e. The Kier molecular flexibility index (Phi) is 8.88. The van der Waals surface area contributed by atoms with E-state index in [0.29, 0.717) is 6.61 Å². The van der Waals surface area contributed by atoms with E-state index in [9.17, 15) is 0 Å². The van der Waals surface area contributed by atoms with E-state index in [-0.39, 0.29) is 0 Å². The summed E-state index contributed by atoms with van der Waals surface area (Å²) < 4.78 is 11.5. The van der Waals surface area contributed by atoms with Gasteiger partial charge in [-0.15, -0.1) is 0 Å². The van der Waals surface area contributed by atoms with Gasteiger partial charge in [0.1, 0.15) is 0 Å². The van der Waals surface area contributed by atoms with Crippen molar-refractivity contribution in [2.45, 2.75) is 52.4 Å². The first-order chi connectivity index (χ1) is 9.81. The quantitative estimate of drug-likeness (QED) is 0.624. The Bertz CT molecular complexity index is 366. The van der Waals surface area contributed by atoms with Crippen LogP contribution in [0.15, 0.2) is 18.2 Å². The molecular weight excluding hydrogens is 250 g/mol. The maximum absolute atomic E-state index is 5.85. The summed E-state index contributed by atoms with van der Waals surface area (Å²) in [5.41, 5.74) is 6.81. The Hall–Kier alpha value is -1.22. The second kappa shape index (κ2) is 10.6. The Balaban J connectivity index is 2.54. The zero-order chi connectivity index (χ0) is 14.6. The number of hydrogen-bond acceptors (Lipinski definition) is 3. The molecular formula is C17H29NO2. The lowest BCUT2D eigenvalue weighted by molar-refractivity contribution is 0.270. The number of ether oxygens (including phenoxy) is 2. The molecule has 0 amide bonds. The molecule has 3 nitrogen and oxygen atoms in total. The van der Waals surface area contributed by atoms with Crippen LogP contribution >= 0.6 is 0 Å². The summed E-state index contributed by atoms with van der Waals surface area (Å²) in [7, 11) is 0. The van der Waals surface area contributed by atoms with Gasteiger partial charge in [0.05, 0.1) is 13.2 Å². The average molecular weight is 279 g/mol. The van der Waals surface area contributed by atoms with E-state index in [1.807, 2.05) is 13.0 Å². The molecule has 0 atom stereocenters. The third-order valence-corrected chi connectivity index (χ3v) is 3.23. The first kappa shape index (κ1) is 16.8. The van der Waals surface area contributed by atoms with Gasteiger partial charge in [-0.1, -0.05) is 32.3 Å². The van der Waals surface area contributed by atoms with Gasteiger partial charge in [0.2, 0.25) is 0 Å². The van der Waals surface area contributed by atoms with E-state index >= 15 is 0 Å². The minimum Gasteiger partial charge on any atom is -0.490 e. The Morgan fingerprint density at radius 1 is 0.950 bits per heavy atom. The van der Waals surface area contributed by atoms with E-state index in [1.54, 1.807) is 0 Å². The Morgan fingerprint density at radius 2 is 1.80 bits per heavy atom. The molecule has 0 aliphatic heterocycles. The number of rotatable bonds is 11. The fraction of sp³-hybridized carbons (Fsp3) is 0.647. The fourth-order valence-electron chi connectivity index (χ4n) is 2.11. The van der Waals surface area contributed by atoms with Gasteiger partial charge in [-0.25, -0.2) is 0 Å². The van der Waals surface area contributed by atoms with Gasteiger partial charge in [-0.2, -0.15) is 0 Å². The molecule has 114 valence electrons. The van der Waals surface area contributed by atoms with E-state index in [0.717, 1.165) is 43.9 Å². The summed E-state index contributed by atoms with van der Waals surface area (Å²) in [6.45, 7) is 6.36. The maximum atomic E-state index is 5.85. The second-order valence-electron chi connectivity index (χ2n) is 5.02. The van der Waals surface area contributed by atoms with Crippen LogP contribution in [0.5, 0.6) is 11.5 Å². The summed E-state index contributed by atoms with van der Waals surface area (Å²) >= 11 is 0. The SMILES string of the molecule is CCCCCCOc1ccc(CCCN)cc1OCC. The largest absolute Gasteiger partial charge is 0.490 e. The predicted octanol–water partition coefficient (Wildman–Crippen LogP) is 3.94. The third kappa shape index (κ3) is 6.29. The molecule has 0 radical (unpaired) electrons. The molecule has 0 aliphatic rings. The van der Waals surface area contributed by atoms with Crippen molar-refractivity contribution < 1.29 is 9.47 Å². The molecule has 3 heteroatoms. The minimum atomic E-state index is 0.659. The van der Waals surface area contributed by atoms with E-state index in [4.69, 9.17) is 15.2 Å². The van der Waals surface area contributed by atoms with Crippen LogP contribution < -0.4 is 15.2 Å². The molecule has 0 saturated heterocycles. The molecule has 0 unspecified atom stereocenters. The molecule has 0 spiro atoms. The van der Waals surface area contributed by atoms with Crippen molar-refractivity contribution in [3.8, 4) is 11.5 Å². The van der Waals surface area contributed by atoms with Crippen LogP contribution in [0.1, 0.15) is 51.5 Å². The highest BCUT2D eigenvalue weighted by molar-refractivity contribution is 5.43. The summed E-state index contributed by atoms with van der Waals surface area (Å²) in [5.74, 6) is 1.72. The summed E-state index contributed by atoms with van der Waals surface area (Å²) in [4.78, 5) is 0. The van der Waals surface area contributed by atoms with Gasteiger partial charge in [-0.05, 0) is 50.4 Å². The van der Waals surface area contributed by atoms with Gasteiger partial charge in [0.25, 0.3) is 0 Å². The summed E-state index contributed by atoms with van der Waals surface area (Å²) in [5, 5.41) is 0. The minimum absolute atomic E-state index is 0.659. The molecule has 0 aliphatic carbocycles. The average Bonchev–Trinajstić information content (AvgIpc) is 2.47. The topological polar surface area (TPSA) is 44.5 Å². The van der Waals surface area contributed by atoms with Crippen LogP contribution in [-0.2, 0) is 6.42 Å². The van der Waals surface area contributed by atoms with Gasteiger partial charge in [-0.3, -0.25) is 0 Å². The van der Waals surface area contributed by atoms with Gasteiger partial charge in [0, 0.05) is 0 Å². The summed E-state index contributed by atoms with van der Waals surface area (Å²) in [6.07, 6.45) is 6.86. The molecule has 0 saturated carbocycles. The highest BCUT2D eigenvalue weighted by atomic mass is 16.5. The molecule has 0 heterocycles. The van der Waals surface area contributed by atoms with Crippen molar-refractivity contribution in [2.24, 2.45) is 5.73 Å². The number of nitrogens with two attached hydrogens (primary N) is 1. The van der Waals surface area contributed by atoms with Crippen molar-refractivity contribution in [2.75, 3.05) is 19.8 Å². The lowest BCUT2D eigenvalue weighted by atomic mass is 10.1. The molecule has 0 aromatic heterocycles. The van der Waals surface area contributed by atoms with E-state index in [2.05, 4.69) is 19.1 Å². The van der Waals surface area contributed by atoms with Crippen molar-refractivity contribution in [1.82, 2.24) is 0 Å². The molecule has 0 fully saturated rings. The van der Waals surface area contributed by atoms with Gasteiger partial charge >= 0.3 is 0 Å². The fourth-order valence-corrected chi connectivity index (χ4v) is 2.11. The van der Waals surface area contributed by atoms with Crippen molar-refractivity contribution in [3.05, 3.63) is 23.8 Å². The van der Waals surface area contributed by atoms with Crippen LogP contribution in [-0.4, -0.2) is 19.8 Å². The van der Waals surface area contributed by atoms with Crippen molar-refractivity contribution >= 4 is 0 Å². The number of benzene rings is 1. The standard InChI is InChI=1S/C17H29NO2/c1-3-5-6-7-13-20-16-11-10-15(9-8-12-18)14-17(16)19-4-2/h10-11,14H,3-9,12-13,18H2,1-2H3. The Labute approximate surface area is 123 Å². The maximum Gasteiger partial charge on any atom is 0.161 e. The predicted molar refractivity (Wildman–Crippen MR) is 84.6 cm³/mol. The summed E-state index contributed by atoms with van der Waals surface area (Å²) in [6, 6.07) is 6.22. The normalized spacial score (nSPS) is 10.6. The van der Waals surface area contributed by atoms with Crippen LogP contribution in [0, 0.1) is 0 Å². The molecule has 1 rings (SSSR count). The van der Waals surface area contributed by atoms with Crippen molar-refractivity contribution in [1.29, 1.82) is 0 Å². The molecule has 0 bridgehead atoms. The first-order valence-corrected chi connectivity index (χ1v) is 7.90. The number of aryl methyl sites for hydroxylation is 1. The van der Waals surface area contributed by atoms with Crippen molar-refractivity contribution in [3.63, 3.8) is 0 Å². The first-order valence-electron chi connectivity index (χ1n) is 7.90. The second-order valence-corrected chi connectivity index (χ2v) is 5.02. The zero-order valence-corrected chi connectivity index (χ0v) is 13.0. The monoisotopic (exact) mass is 279 g/mol. The van der Waals surface area contributed by atoms with Crippen LogP contribution in [0.3, 0.4) is 0 Å². The van der Waals surface area contributed by atoms with E-state index < -0.39 is 0 Å². The van der Waals surface area contributed by atoms with Crippen LogP contribution in [0.25, 0.3) is 0 Å². The highest BCUT2D eigenvalue weighted by Crippen LogP contribution is 2.29. The van der Waals surface area contributed by atoms with Gasteiger partial charge in [0.15, 0.2) is 11.5 Å². The number of unbranched alkanes of at least 4 members (excludes halogenated alkanes) is 3. The van der Waals surface area contributed by atoms with E-state index in [1.165, 1.54) is 24.8 Å². The molecule has 20 heavy (non-hydrogen) atoms. The molecule has 1 aromatic carbocycles. The Morgan fingerprint density at radius 3 is 2.50 bits per heavy atom. The third-order valence-electron chi connectivity index (χ3n) is 3.23.